The topological polar surface area (TPSA) is 65.2 Å². The van der Waals surface area contributed by atoms with Gasteiger partial charge in [0.1, 0.15) is 5.69 Å². The molecule has 20 heavy (non-hydrogen) atoms. The number of hydrogen-bond acceptors (Lipinski definition) is 4. The molecule has 9 heteroatoms. The molecule has 0 aromatic carbocycles. The number of halogens is 5. The van der Waals surface area contributed by atoms with Crippen molar-refractivity contribution in [3.63, 3.8) is 0 Å². The lowest BCUT2D eigenvalue weighted by atomic mass is 10.0. The predicted octanol–water partition coefficient (Wildman–Crippen LogP) is 2.67. The fourth-order valence-corrected chi connectivity index (χ4v) is 1.57. The molecule has 0 spiro atoms. The van der Waals surface area contributed by atoms with Gasteiger partial charge in [-0.1, -0.05) is 0 Å². The minimum atomic E-state index is -4.95. The van der Waals surface area contributed by atoms with Gasteiger partial charge < -0.3 is 10.5 Å². The highest BCUT2D eigenvalue weighted by Crippen LogP contribution is 2.36. The average Bonchev–Trinajstić information content (AvgIpc) is 2.36. The first-order valence-electron chi connectivity index (χ1n) is 5.48. The number of nitrogens with two attached hydrogens (primary N) is 1. The van der Waals surface area contributed by atoms with Crippen LogP contribution in [0.2, 0.25) is 0 Å². The summed E-state index contributed by atoms with van der Waals surface area (Å²) in [4.78, 5) is 14.7. The monoisotopic (exact) mass is 298 g/mol. The van der Waals surface area contributed by atoms with E-state index in [-0.39, 0.29) is 6.61 Å². The van der Waals surface area contributed by atoms with Gasteiger partial charge in [-0.3, -0.25) is 0 Å². The number of carbonyl (C=O) groups excluding carboxylic acids is 1. The zero-order valence-electron chi connectivity index (χ0n) is 10.3. The van der Waals surface area contributed by atoms with Crippen molar-refractivity contribution in [1.29, 1.82) is 0 Å². The summed E-state index contributed by atoms with van der Waals surface area (Å²) in [6.07, 6.45) is -8.08. The second-order valence-corrected chi connectivity index (χ2v) is 3.64. The van der Waals surface area contributed by atoms with E-state index in [0.29, 0.717) is 6.07 Å². The molecular weight excluding hydrogens is 287 g/mol. The molecule has 1 aromatic rings. The highest BCUT2D eigenvalue weighted by molar-refractivity contribution is 5.91. The first kappa shape index (κ1) is 16.3. The van der Waals surface area contributed by atoms with Gasteiger partial charge in [0, 0.05) is 6.54 Å². The lowest BCUT2D eigenvalue weighted by Gasteiger charge is -2.16. The molecule has 1 aromatic heterocycles. The molecule has 0 radical (unpaired) electrons. The van der Waals surface area contributed by atoms with Crippen LogP contribution in [-0.4, -0.2) is 17.6 Å². The van der Waals surface area contributed by atoms with E-state index in [1.165, 1.54) is 6.92 Å². The molecule has 0 unspecified atom stereocenters. The minimum absolute atomic E-state index is 0.194. The van der Waals surface area contributed by atoms with E-state index in [4.69, 9.17) is 5.73 Å². The number of esters is 1. The Hall–Kier alpha value is -1.77. The molecule has 0 aliphatic carbocycles. The van der Waals surface area contributed by atoms with Crippen LogP contribution in [0.25, 0.3) is 0 Å². The summed E-state index contributed by atoms with van der Waals surface area (Å²) in [5.74, 6) is -1.35. The summed E-state index contributed by atoms with van der Waals surface area (Å²) in [5.41, 5.74) is 0.871. The van der Waals surface area contributed by atoms with Gasteiger partial charge in [-0.05, 0) is 13.0 Å². The number of aromatic nitrogens is 1. The van der Waals surface area contributed by atoms with E-state index in [0.717, 1.165) is 0 Å². The lowest BCUT2D eigenvalue weighted by Crippen LogP contribution is -2.21. The Morgan fingerprint density at radius 2 is 2.05 bits per heavy atom. The molecule has 4 nitrogen and oxygen atoms in total. The SMILES string of the molecule is CCOC(=O)c1cc(C(F)F)nc(CN)c1C(F)(F)F. The number of rotatable bonds is 4. The average molecular weight is 298 g/mol. The maximum absolute atomic E-state index is 12.9. The molecule has 0 atom stereocenters. The molecule has 0 bridgehead atoms. The van der Waals surface area contributed by atoms with Crippen molar-refractivity contribution in [1.82, 2.24) is 4.98 Å². The third kappa shape index (κ3) is 3.41. The van der Waals surface area contributed by atoms with Crippen LogP contribution in [0, 0.1) is 0 Å². The number of ether oxygens (including phenoxy) is 1. The van der Waals surface area contributed by atoms with Crippen molar-refractivity contribution < 1.29 is 31.5 Å². The van der Waals surface area contributed by atoms with Crippen LogP contribution in [-0.2, 0) is 17.5 Å². The molecule has 2 N–H and O–H groups in total. The molecule has 1 rings (SSSR count). The Morgan fingerprint density at radius 1 is 1.45 bits per heavy atom. The van der Waals surface area contributed by atoms with Gasteiger partial charge in [-0.15, -0.1) is 0 Å². The van der Waals surface area contributed by atoms with Gasteiger partial charge >= 0.3 is 12.1 Å². The van der Waals surface area contributed by atoms with Crippen LogP contribution in [0.3, 0.4) is 0 Å². The lowest BCUT2D eigenvalue weighted by molar-refractivity contribution is -0.139. The first-order chi connectivity index (χ1) is 9.22. The van der Waals surface area contributed by atoms with Crippen LogP contribution in [0.15, 0.2) is 6.07 Å². The molecule has 0 saturated carbocycles. The normalized spacial score (nSPS) is 11.8. The van der Waals surface area contributed by atoms with Gasteiger partial charge in [0.05, 0.1) is 23.4 Å². The summed E-state index contributed by atoms with van der Waals surface area (Å²) >= 11 is 0. The van der Waals surface area contributed by atoms with Gasteiger partial charge in [0.15, 0.2) is 0 Å². The molecular formula is C11H11F5N2O2. The Labute approximate surface area is 110 Å². The standard InChI is InChI=1S/C11H11F5N2O2/c1-2-20-10(19)5-3-6(9(12)13)18-7(4-17)8(5)11(14,15)16/h3,9H,2,4,17H2,1H3. The minimum Gasteiger partial charge on any atom is -0.462 e. The molecule has 0 amide bonds. The highest BCUT2D eigenvalue weighted by Gasteiger charge is 2.39. The molecule has 112 valence electrons. The largest absolute Gasteiger partial charge is 0.462 e. The van der Waals surface area contributed by atoms with Crippen molar-refractivity contribution in [3.05, 3.63) is 28.6 Å². The van der Waals surface area contributed by atoms with Crippen LogP contribution in [0.5, 0.6) is 0 Å². The summed E-state index contributed by atoms with van der Waals surface area (Å²) in [7, 11) is 0. The zero-order chi connectivity index (χ0) is 15.5. The fourth-order valence-electron chi connectivity index (χ4n) is 1.57. The Bertz CT molecular complexity index is 502. The van der Waals surface area contributed by atoms with Gasteiger partial charge in [-0.25, -0.2) is 18.6 Å². The maximum atomic E-state index is 12.9. The van der Waals surface area contributed by atoms with E-state index < -0.39 is 47.6 Å². The van der Waals surface area contributed by atoms with Gasteiger partial charge in [0.2, 0.25) is 0 Å². The van der Waals surface area contributed by atoms with Crippen molar-refractivity contribution >= 4 is 5.97 Å². The van der Waals surface area contributed by atoms with Crippen LogP contribution < -0.4 is 5.73 Å². The van der Waals surface area contributed by atoms with Gasteiger partial charge in [-0.2, -0.15) is 13.2 Å². The maximum Gasteiger partial charge on any atom is 0.419 e. The third-order valence-electron chi connectivity index (χ3n) is 2.31. The van der Waals surface area contributed by atoms with E-state index in [2.05, 4.69) is 9.72 Å². The highest BCUT2D eigenvalue weighted by atomic mass is 19.4. The number of hydrogen-bond donors (Lipinski definition) is 1. The summed E-state index contributed by atoms with van der Waals surface area (Å²) in [5, 5.41) is 0. The number of pyridine rings is 1. The summed E-state index contributed by atoms with van der Waals surface area (Å²) in [6, 6.07) is 0.380. The Kier molecular flexibility index (Phi) is 4.98. The summed E-state index contributed by atoms with van der Waals surface area (Å²) in [6.45, 7) is 0.451. The van der Waals surface area contributed by atoms with Crippen molar-refractivity contribution in [3.8, 4) is 0 Å². The molecule has 0 aliphatic rings. The summed E-state index contributed by atoms with van der Waals surface area (Å²) < 4.78 is 68.5. The second kappa shape index (κ2) is 6.12. The van der Waals surface area contributed by atoms with E-state index in [1.807, 2.05) is 0 Å². The van der Waals surface area contributed by atoms with Crippen molar-refractivity contribution in [2.24, 2.45) is 5.73 Å². The van der Waals surface area contributed by atoms with E-state index >= 15 is 0 Å². The van der Waals surface area contributed by atoms with Crippen LogP contribution >= 0.6 is 0 Å². The molecule has 0 aliphatic heterocycles. The molecule has 0 fully saturated rings. The number of nitrogens with zero attached hydrogens (tertiary/aromatic N) is 1. The second-order valence-electron chi connectivity index (χ2n) is 3.64. The van der Waals surface area contributed by atoms with Crippen LogP contribution in [0.1, 0.15) is 40.7 Å². The smallest absolute Gasteiger partial charge is 0.419 e. The first-order valence-corrected chi connectivity index (χ1v) is 5.48. The predicted molar refractivity (Wildman–Crippen MR) is 58.0 cm³/mol. The molecule has 1 heterocycles. The van der Waals surface area contributed by atoms with Gasteiger partial charge in [0.25, 0.3) is 6.43 Å². The van der Waals surface area contributed by atoms with Crippen molar-refractivity contribution in [2.45, 2.75) is 26.1 Å². The fraction of sp³-hybridized carbons (Fsp3) is 0.455. The number of carbonyl (C=O) groups is 1. The quantitative estimate of drug-likeness (QED) is 0.685. The molecule has 0 saturated heterocycles. The number of alkyl halides is 5. The zero-order valence-corrected chi connectivity index (χ0v) is 10.3. The third-order valence-corrected chi connectivity index (χ3v) is 2.31. The van der Waals surface area contributed by atoms with Crippen molar-refractivity contribution in [2.75, 3.05) is 6.61 Å². The Morgan fingerprint density at radius 3 is 2.45 bits per heavy atom. The van der Waals surface area contributed by atoms with E-state index in [1.54, 1.807) is 0 Å². The van der Waals surface area contributed by atoms with E-state index in [9.17, 15) is 26.7 Å². The Balaban J connectivity index is 3.57. The van der Waals surface area contributed by atoms with Crippen LogP contribution in [0.4, 0.5) is 22.0 Å².